The third-order valence-corrected chi connectivity index (χ3v) is 6.24. The number of hydrogen-bond donors (Lipinski definition) is 1. The Balaban J connectivity index is 1.42. The first-order valence-electron chi connectivity index (χ1n) is 11.0. The van der Waals surface area contributed by atoms with Crippen LogP contribution in [0.1, 0.15) is 41.3 Å². The van der Waals surface area contributed by atoms with Crippen molar-refractivity contribution in [3.05, 3.63) is 58.1 Å². The molecule has 2 amide bonds. The smallest absolute Gasteiger partial charge is 0.308 e. The summed E-state index contributed by atoms with van der Waals surface area (Å²) in [4.78, 5) is 37.9. The average molecular weight is 473 g/mol. The van der Waals surface area contributed by atoms with Gasteiger partial charge in [-0.2, -0.15) is 0 Å². The molecule has 0 unspecified atom stereocenters. The van der Waals surface area contributed by atoms with E-state index in [0.29, 0.717) is 41.7 Å². The normalized spacial score (nSPS) is 14.0. The molecule has 0 aliphatic carbocycles. The quantitative estimate of drug-likeness (QED) is 0.487. The van der Waals surface area contributed by atoms with Gasteiger partial charge in [-0.15, -0.1) is 0 Å². The van der Waals surface area contributed by atoms with Crippen LogP contribution < -0.4 is 14.8 Å². The summed E-state index contributed by atoms with van der Waals surface area (Å²) in [7, 11) is 0. The minimum atomic E-state index is -0.433. The summed E-state index contributed by atoms with van der Waals surface area (Å²) >= 11 is 6.18. The van der Waals surface area contributed by atoms with Crippen LogP contribution in [0.4, 0.5) is 0 Å². The van der Waals surface area contributed by atoms with E-state index in [0.717, 1.165) is 24.0 Å². The molecule has 1 aliphatic rings. The largest absolute Gasteiger partial charge is 0.484 e. The molecule has 0 spiro atoms. The molecule has 0 bridgehead atoms. The summed E-state index contributed by atoms with van der Waals surface area (Å²) in [6.07, 6.45) is 1.61. The van der Waals surface area contributed by atoms with Gasteiger partial charge >= 0.3 is 5.97 Å². The maximum atomic E-state index is 12.5. The molecule has 0 aromatic heterocycles. The number of nitrogens with one attached hydrogen (secondary N) is 1. The summed E-state index contributed by atoms with van der Waals surface area (Å²) in [6, 6.07) is 10.2. The molecule has 1 aliphatic heterocycles. The van der Waals surface area contributed by atoms with Gasteiger partial charge in [-0.25, -0.2) is 0 Å². The van der Waals surface area contributed by atoms with Gasteiger partial charge in [-0.05, 0) is 74.1 Å². The summed E-state index contributed by atoms with van der Waals surface area (Å²) in [6.45, 7) is 6.90. The summed E-state index contributed by atoms with van der Waals surface area (Å²) < 4.78 is 10.7. The van der Waals surface area contributed by atoms with Crippen LogP contribution in [0.2, 0.25) is 5.02 Å². The Kier molecular flexibility index (Phi) is 8.33. The van der Waals surface area contributed by atoms with Crippen molar-refractivity contribution in [3.8, 4) is 11.5 Å². The number of benzene rings is 2. The van der Waals surface area contributed by atoms with E-state index in [1.807, 2.05) is 26.0 Å². The molecule has 1 saturated heterocycles. The van der Waals surface area contributed by atoms with Gasteiger partial charge in [0.1, 0.15) is 11.5 Å². The molecule has 3 rings (SSSR count). The van der Waals surface area contributed by atoms with Crippen molar-refractivity contribution in [2.24, 2.45) is 5.92 Å². The first-order valence-corrected chi connectivity index (χ1v) is 11.3. The minimum Gasteiger partial charge on any atom is -0.484 e. The highest BCUT2D eigenvalue weighted by molar-refractivity contribution is 6.32. The average Bonchev–Trinajstić information content (AvgIpc) is 2.79. The van der Waals surface area contributed by atoms with Gasteiger partial charge in [0.2, 0.25) is 0 Å². The number of likely N-dealkylation sites (tertiary alicyclic amines) is 1. The lowest BCUT2D eigenvalue weighted by Gasteiger charge is -2.32. The second-order valence-electron chi connectivity index (χ2n) is 8.32. The number of piperidine rings is 1. The van der Waals surface area contributed by atoms with Crippen LogP contribution in [0, 0.1) is 19.8 Å². The molecule has 176 valence electrons. The zero-order chi connectivity index (χ0) is 24.0. The fourth-order valence-electron chi connectivity index (χ4n) is 3.82. The molecule has 0 atom stereocenters. The number of aryl methyl sites for hydroxylation is 2. The van der Waals surface area contributed by atoms with Gasteiger partial charge in [0, 0.05) is 37.1 Å². The maximum absolute atomic E-state index is 12.5. The van der Waals surface area contributed by atoms with Crippen LogP contribution in [0.25, 0.3) is 0 Å². The van der Waals surface area contributed by atoms with Crippen molar-refractivity contribution >= 4 is 29.4 Å². The Morgan fingerprint density at radius 3 is 2.36 bits per heavy atom. The van der Waals surface area contributed by atoms with Crippen molar-refractivity contribution in [1.29, 1.82) is 0 Å². The van der Waals surface area contributed by atoms with Crippen LogP contribution in [-0.2, 0) is 9.59 Å². The molecule has 1 fully saturated rings. The van der Waals surface area contributed by atoms with Crippen molar-refractivity contribution in [2.75, 3.05) is 26.2 Å². The number of hydrogen-bond acceptors (Lipinski definition) is 5. The number of ether oxygens (including phenoxy) is 2. The summed E-state index contributed by atoms with van der Waals surface area (Å²) in [5.74, 6) is 0.565. The van der Waals surface area contributed by atoms with E-state index in [1.165, 1.54) is 6.92 Å². The third-order valence-electron chi connectivity index (χ3n) is 5.65. The monoisotopic (exact) mass is 472 g/mol. The Labute approximate surface area is 199 Å². The fraction of sp³-hybridized carbons (Fsp3) is 0.400. The molecule has 1 heterocycles. The highest BCUT2D eigenvalue weighted by Gasteiger charge is 2.23. The van der Waals surface area contributed by atoms with Gasteiger partial charge < -0.3 is 19.7 Å². The van der Waals surface area contributed by atoms with E-state index in [4.69, 9.17) is 21.1 Å². The van der Waals surface area contributed by atoms with E-state index < -0.39 is 5.97 Å². The van der Waals surface area contributed by atoms with E-state index in [1.54, 1.807) is 29.2 Å². The fourth-order valence-corrected chi connectivity index (χ4v) is 3.93. The molecule has 0 radical (unpaired) electrons. The maximum Gasteiger partial charge on any atom is 0.308 e. The number of nitrogens with zero attached hydrogens (tertiary/aromatic N) is 1. The van der Waals surface area contributed by atoms with E-state index >= 15 is 0 Å². The number of esters is 1. The lowest BCUT2D eigenvalue weighted by molar-refractivity contribution is -0.135. The number of carbonyl (C=O) groups excluding carboxylic acids is 3. The highest BCUT2D eigenvalue weighted by Crippen LogP contribution is 2.26. The van der Waals surface area contributed by atoms with E-state index in [9.17, 15) is 14.4 Å². The van der Waals surface area contributed by atoms with Crippen LogP contribution in [0.15, 0.2) is 36.4 Å². The van der Waals surface area contributed by atoms with Gasteiger partial charge in [0.25, 0.3) is 11.8 Å². The Hall–Kier alpha value is -3.06. The first-order chi connectivity index (χ1) is 15.7. The van der Waals surface area contributed by atoms with E-state index in [2.05, 4.69) is 5.32 Å². The van der Waals surface area contributed by atoms with Crippen LogP contribution in [0.5, 0.6) is 11.5 Å². The topological polar surface area (TPSA) is 84.9 Å². The minimum absolute atomic E-state index is 0.0133. The third kappa shape index (κ3) is 6.96. The van der Waals surface area contributed by atoms with Crippen LogP contribution in [-0.4, -0.2) is 48.9 Å². The molecule has 2 aromatic carbocycles. The molecule has 7 nitrogen and oxygen atoms in total. The van der Waals surface area contributed by atoms with E-state index in [-0.39, 0.29) is 24.3 Å². The molecule has 8 heteroatoms. The molecule has 1 N–H and O–H groups in total. The first kappa shape index (κ1) is 24.6. The lowest BCUT2D eigenvalue weighted by atomic mass is 9.96. The Morgan fingerprint density at radius 2 is 1.73 bits per heavy atom. The van der Waals surface area contributed by atoms with Crippen molar-refractivity contribution < 1.29 is 23.9 Å². The Morgan fingerprint density at radius 1 is 1.06 bits per heavy atom. The van der Waals surface area contributed by atoms with Gasteiger partial charge in [-0.1, -0.05) is 17.7 Å². The van der Waals surface area contributed by atoms with Crippen LogP contribution in [0.3, 0.4) is 0 Å². The SMILES string of the molecule is CC(=O)Oc1cccc(C(=O)NCC2CCN(C(=O)COc3cc(C)c(Cl)c(C)c3)CC2)c1. The predicted molar refractivity (Wildman–Crippen MR) is 126 cm³/mol. The molecule has 2 aromatic rings. The molecular weight excluding hydrogens is 444 g/mol. The number of amides is 2. The predicted octanol–water partition coefficient (Wildman–Crippen LogP) is 3.93. The van der Waals surface area contributed by atoms with Crippen LogP contribution >= 0.6 is 11.6 Å². The zero-order valence-electron chi connectivity index (χ0n) is 19.2. The van der Waals surface area contributed by atoms with Gasteiger partial charge in [0.05, 0.1) is 0 Å². The van der Waals surface area contributed by atoms with Crippen molar-refractivity contribution in [1.82, 2.24) is 10.2 Å². The molecule has 0 saturated carbocycles. The van der Waals surface area contributed by atoms with Gasteiger partial charge in [-0.3, -0.25) is 14.4 Å². The van der Waals surface area contributed by atoms with Crippen molar-refractivity contribution in [3.63, 3.8) is 0 Å². The second-order valence-corrected chi connectivity index (χ2v) is 8.69. The highest BCUT2D eigenvalue weighted by atomic mass is 35.5. The number of halogens is 1. The molecular formula is C25H29ClN2O5. The number of carbonyl (C=O) groups is 3. The zero-order valence-corrected chi connectivity index (χ0v) is 19.9. The summed E-state index contributed by atoms with van der Waals surface area (Å²) in [5.41, 5.74) is 2.27. The van der Waals surface area contributed by atoms with Gasteiger partial charge in [0.15, 0.2) is 6.61 Å². The number of rotatable bonds is 7. The van der Waals surface area contributed by atoms with Crippen molar-refractivity contribution in [2.45, 2.75) is 33.6 Å². The molecule has 33 heavy (non-hydrogen) atoms. The summed E-state index contributed by atoms with van der Waals surface area (Å²) in [5, 5.41) is 3.64. The second kappa shape index (κ2) is 11.2. The standard InChI is InChI=1S/C25H29ClN2O5/c1-16-11-22(12-17(2)24(16)26)32-15-23(30)28-9-7-19(8-10-28)14-27-25(31)20-5-4-6-21(13-20)33-18(3)29/h4-6,11-13,19H,7-10,14-15H2,1-3H3,(H,27,31). The lowest BCUT2D eigenvalue weighted by Crippen LogP contribution is -2.43. The Bertz CT molecular complexity index is 1010.